The fraction of sp³-hybridized carbons (Fsp3) is 0.231. The molecule has 0 aliphatic heterocycles. The standard InChI is InChI=1S/C13H12Br2FN3O/c1-2-5-17-12-11(15)13(19-7-18-12)20-10-4-3-8(16)6-9(10)14/h3-4,6-7H,2,5H2,1H3,(H,17,18,19). The Morgan fingerprint density at radius 2 is 2.10 bits per heavy atom. The molecule has 106 valence electrons. The summed E-state index contributed by atoms with van der Waals surface area (Å²) in [4.78, 5) is 8.20. The molecule has 0 aliphatic rings. The van der Waals surface area contributed by atoms with Gasteiger partial charge in [0.15, 0.2) is 0 Å². The number of nitrogens with zero attached hydrogens (tertiary/aromatic N) is 2. The summed E-state index contributed by atoms with van der Waals surface area (Å²) >= 11 is 6.66. The first-order valence-electron chi connectivity index (χ1n) is 5.99. The van der Waals surface area contributed by atoms with Crippen molar-refractivity contribution in [3.05, 3.63) is 39.3 Å². The Morgan fingerprint density at radius 3 is 2.80 bits per heavy atom. The molecule has 7 heteroatoms. The van der Waals surface area contributed by atoms with Crippen LogP contribution in [0.5, 0.6) is 11.6 Å². The van der Waals surface area contributed by atoms with Crippen molar-refractivity contribution in [2.24, 2.45) is 0 Å². The van der Waals surface area contributed by atoms with Crippen molar-refractivity contribution < 1.29 is 9.13 Å². The van der Waals surface area contributed by atoms with Crippen LogP contribution in [0.2, 0.25) is 0 Å². The van der Waals surface area contributed by atoms with Gasteiger partial charge < -0.3 is 10.1 Å². The Balaban J connectivity index is 2.24. The molecule has 0 fully saturated rings. The molecule has 1 heterocycles. The van der Waals surface area contributed by atoms with Crippen molar-refractivity contribution in [3.8, 4) is 11.6 Å². The van der Waals surface area contributed by atoms with E-state index in [-0.39, 0.29) is 5.82 Å². The van der Waals surface area contributed by atoms with Gasteiger partial charge in [0, 0.05) is 6.54 Å². The summed E-state index contributed by atoms with van der Waals surface area (Å²) in [6, 6.07) is 4.19. The normalized spacial score (nSPS) is 10.4. The molecule has 0 bridgehead atoms. The second-order valence-corrected chi connectivity index (χ2v) is 5.59. The molecule has 4 nitrogen and oxygen atoms in total. The predicted molar refractivity (Wildman–Crippen MR) is 82.7 cm³/mol. The lowest BCUT2D eigenvalue weighted by molar-refractivity contribution is 0.454. The van der Waals surface area contributed by atoms with Crippen LogP contribution >= 0.6 is 31.9 Å². The largest absolute Gasteiger partial charge is 0.436 e. The number of benzene rings is 1. The van der Waals surface area contributed by atoms with E-state index in [9.17, 15) is 4.39 Å². The third-order valence-corrected chi connectivity index (χ3v) is 3.73. The van der Waals surface area contributed by atoms with Gasteiger partial charge in [0.05, 0.1) is 4.47 Å². The highest BCUT2D eigenvalue weighted by Gasteiger charge is 2.12. The quantitative estimate of drug-likeness (QED) is 0.780. The van der Waals surface area contributed by atoms with Gasteiger partial charge in [-0.1, -0.05) is 6.92 Å². The molecule has 2 rings (SSSR count). The molecule has 0 radical (unpaired) electrons. The van der Waals surface area contributed by atoms with Crippen LogP contribution in [0.1, 0.15) is 13.3 Å². The summed E-state index contributed by atoms with van der Waals surface area (Å²) in [5.74, 6) is 1.17. The van der Waals surface area contributed by atoms with Crippen LogP contribution in [0.15, 0.2) is 33.5 Å². The maximum atomic E-state index is 13.0. The van der Waals surface area contributed by atoms with Gasteiger partial charge in [0.1, 0.15) is 28.2 Å². The summed E-state index contributed by atoms with van der Waals surface area (Å²) in [7, 11) is 0. The zero-order chi connectivity index (χ0) is 14.5. The van der Waals surface area contributed by atoms with E-state index in [1.54, 1.807) is 0 Å². The summed E-state index contributed by atoms with van der Waals surface area (Å²) < 4.78 is 19.9. The molecule has 0 amide bonds. The Kier molecular flexibility index (Phi) is 5.31. The lowest BCUT2D eigenvalue weighted by Gasteiger charge is -2.11. The smallest absolute Gasteiger partial charge is 0.238 e. The number of hydrogen-bond acceptors (Lipinski definition) is 4. The first kappa shape index (κ1) is 15.2. The van der Waals surface area contributed by atoms with Gasteiger partial charge in [-0.05, 0) is 56.5 Å². The molecule has 0 unspecified atom stereocenters. The monoisotopic (exact) mass is 403 g/mol. The van der Waals surface area contributed by atoms with E-state index >= 15 is 0 Å². The van der Waals surface area contributed by atoms with Crippen molar-refractivity contribution in [2.75, 3.05) is 11.9 Å². The minimum atomic E-state index is -0.337. The number of nitrogens with one attached hydrogen (secondary N) is 1. The van der Waals surface area contributed by atoms with Crippen LogP contribution in [0.25, 0.3) is 0 Å². The van der Waals surface area contributed by atoms with Crippen molar-refractivity contribution >= 4 is 37.7 Å². The highest BCUT2D eigenvalue weighted by molar-refractivity contribution is 9.11. The Bertz CT molecular complexity index is 610. The third kappa shape index (κ3) is 3.67. The van der Waals surface area contributed by atoms with Crippen molar-refractivity contribution in [2.45, 2.75) is 13.3 Å². The molecule has 0 atom stereocenters. The fourth-order valence-corrected chi connectivity index (χ4v) is 2.31. The lowest BCUT2D eigenvalue weighted by Crippen LogP contribution is -2.04. The van der Waals surface area contributed by atoms with Crippen LogP contribution in [-0.2, 0) is 0 Å². The number of anilines is 1. The number of ether oxygens (including phenoxy) is 1. The molecule has 1 aromatic carbocycles. The van der Waals surface area contributed by atoms with E-state index in [1.165, 1.54) is 24.5 Å². The predicted octanol–water partition coefficient (Wildman–Crippen LogP) is 4.75. The van der Waals surface area contributed by atoms with Crippen LogP contribution in [0.3, 0.4) is 0 Å². The molecule has 0 saturated heterocycles. The minimum absolute atomic E-state index is 0.337. The molecule has 20 heavy (non-hydrogen) atoms. The zero-order valence-electron chi connectivity index (χ0n) is 10.7. The number of halogens is 3. The third-order valence-electron chi connectivity index (χ3n) is 2.40. The van der Waals surface area contributed by atoms with Crippen LogP contribution in [-0.4, -0.2) is 16.5 Å². The van der Waals surface area contributed by atoms with Gasteiger partial charge >= 0.3 is 0 Å². The highest BCUT2D eigenvalue weighted by atomic mass is 79.9. The highest BCUT2D eigenvalue weighted by Crippen LogP contribution is 2.35. The van der Waals surface area contributed by atoms with Gasteiger partial charge in [0.25, 0.3) is 0 Å². The lowest BCUT2D eigenvalue weighted by atomic mass is 10.3. The first-order chi connectivity index (χ1) is 9.61. The Hall–Kier alpha value is -1.21. The maximum absolute atomic E-state index is 13.0. The van der Waals surface area contributed by atoms with Crippen LogP contribution < -0.4 is 10.1 Å². The van der Waals surface area contributed by atoms with Gasteiger partial charge in [-0.25, -0.2) is 14.4 Å². The Labute approximate surface area is 133 Å². The average molecular weight is 405 g/mol. The van der Waals surface area contributed by atoms with E-state index < -0.39 is 0 Å². The topological polar surface area (TPSA) is 47.0 Å². The van der Waals surface area contributed by atoms with Gasteiger partial charge in [-0.2, -0.15) is 0 Å². The molecule has 1 aromatic heterocycles. The number of rotatable bonds is 5. The van der Waals surface area contributed by atoms with E-state index in [0.29, 0.717) is 26.4 Å². The molecule has 0 saturated carbocycles. The van der Waals surface area contributed by atoms with Crippen LogP contribution in [0.4, 0.5) is 10.2 Å². The Morgan fingerprint density at radius 1 is 1.30 bits per heavy atom. The van der Waals surface area contributed by atoms with Crippen molar-refractivity contribution in [1.29, 1.82) is 0 Å². The van der Waals surface area contributed by atoms with Gasteiger partial charge in [-0.15, -0.1) is 0 Å². The SMILES string of the molecule is CCCNc1ncnc(Oc2ccc(F)cc2Br)c1Br. The van der Waals surface area contributed by atoms with E-state index in [2.05, 4.69) is 54.1 Å². The molecule has 1 N–H and O–H groups in total. The molecular weight excluding hydrogens is 393 g/mol. The number of hydrogen-bond donors (Lipinski definition) is 1. The minimum Gasteiger partial charge on any atom is -0.436 e. The van der Waals surface area contributed by atoms with Gasteiger partial charge in [-0.3, -0.25) is 0 Å². The zero-order valence-corrected chi connectivity index (χ0v) is 13.8. The summed E-state index contributed by atoms with van der Waals surface area (Å²) in [6.45, 7) is 2.87. The summed E-state index contributed by atoms with van der Waals surface area (Å²) in [6.07, 6.45) is 2.39. The second kappa shape index (κ2) is 6.99. The molecule has 0 spiro atoms. The average Bonchev–Trinajstić information content (AvgIpc) is 2.42. The van der Waals surface area contributed by atoms with E-state index in [1.807, 2.05) is 0 Å². The summed E-state index contributed by atoms with van der Waals surface area (Å²) in [5, 5.41) is 3.16. The molecule has 0 aliphatic carbocycles. The first-order valence-corrected chi connectivity index (χ1v) is 7.57. The molecule has 2 aromatic rings. The number of aromatic nitrogens is 2. The fourth-order valence-electron chi connectivity index (χ4n) is 1.45. The molecular formula is C13H12Br2FN3O. The van der Waals surface area contributed by atoms with E-state index in [0.717, 1.165) is 13.0 Å². The van der Waals surface area contributed by atoms with Gasteiger partial charge in [0.2, 0.25) is 5.88 Å². The van der Waals surface area contributed by atoms with Crippen LogP contribution in [0, 0.1) is 5.82 Å². The summed E-state index contributed by atoms with van der Waals surface area (Å²) in [5.41, 5.74) is 0. The van der Waals surface area contributed by atoms with Crippen molar-refractivity contribution in [1.82, 2.24) is 9.97 Å². The van der Waals surface area contributed by atoms with Crippen molar-refractivity contribution in [3.63, 3.8) is 0 Å². The maximum Gasteiger partial charge on any atom is 0.238 e. The second-order valence-electron chi connectivity index (χ2n) is 3.94. The van der Waals surface area contributed by atoms with E-state index in [4.69, 9.17) is 4.74 Å².